The van der Waals surface area contributed by atoms with Crippen molar-refractivity contribution in [2.45, 2.75) is 169 Å². The van der Waals surface area contributed by atoms with E-state index in [1.54, 1.807) is 0 Å². The highest BCUT2D eigenvalue weighted by molar-refractivity contribution is 4.86. The first-order chi connectivity index (χ1) is 14.8. The Morgan fingerprint density at radius 3 is 1.30 bits per heavy atom. The summed E-state index contributed by atoms with van der Waals surface area (Å²) < 4.78 is 0. The van der Waals surface area contributed by atoms with Gasteiger partial charge in [-0.25, -0.2) is 0 Å². The van der Waals surface area contributed by atoms with Crippen molar-refractivity contribution < 1.29 is 0 Å². The summed E-state index contributed by atoms with van der Waals surface area (Å²) >= 11 is 0. The molecule has 0 spiro atoms. The minimum Gasteiger partial charge on any atom is -0.0885 e. The lowest BCUT2D eigenvalue weighted by molar-refractivity contribution is 0.392. The lowest BCUT2D eigenvalue weighted by atomic mass is 9.92. The van der Waals surface area contributed by atoms with Crippen molar-refractivity contribution in [3.63, 3.8) is 0 Å². The summed E-state index contributed by atoms with van der Waals surface area (Å²) in [5.41, 5.74) is 0. The zero-order chi connectivity index (χ0) is 22.1. The smallest absolute Gasteiger partial charge is 0.0236 e. The summed E-state index contributed by atoms with van der Waals surface area (Å²) in [4.78, 5) is 0. The van der Waals surface area contributed by atoms with Crippen LogP contribution in [0.5, 0.6) is 0 Å². The van der Waals surface area contributed by atoms with Crippen molar-refractivity contribution in [1.29, 1.82) is 0 Å². The van der Waals surface area contributed by atoms with E-state index < -0.39 is 0 Å². The minimum atomic E-state index is 0.835. The molecule has 0 aromatic heterocycles. The quantitative estimate of drug-likeness (QED) is 0.107. The van der Waals surface area contributed by atoms with Crippen LogP contribution in [0.15, 0.2) is 12.2 Å². The van der Waals surface area contributed by atoms with E-state index in [9.17, 15) is 0 Å². The van der Waals surface area contributed by atoms with Crippen LogP contribution >= 0.6 is 0 Å². The molecule has 0 aliphatic carbocycles. The van der Waals surface area contributed by atoms with Crippen molar-refractivity contribution in [1.82, 2.24) is 0 Å². The van der Waals surface area contributed by atoms with Crippen molar-refractivity contribution in [2.75, 3.05) is 0 Å². The molecular formula is C30H60. The largest absolute Gasteiger partial charge is 0.0885 e. The fourth-order valence-electron chi connectivity index (χ4n) is 4.78. The maximum atomic E-state index is 2.46. The number of rotatable bonds is 24. The lowest BCUT2D eigenvalue weighted by Gasteiger charge is -2.14. The second-order valence-electron chi connectivity index (χ2n) is 9.95. The molecular weight excluding hydrogens is 360 g/mol. The van der Waals surface area contributed by atoms with E-state index in [0.717, 1.165) is 11.8 Å². The second-order valence-corrected chi connectivity index (χ2v) is 9.95. The van der Waals surface area contributed by atoms with E-state index in [2.05, 4.69) is 39.8 Å². The molecule has 0 aromatic rings. The van der Waals surface area contributed by atoms with E-state index in [4.69, 9.17) is 0 Å². The van der Waals surface area contributed by atoms with Gasteiger partial charge in [-0.15, -0.1) is 0 Å². The SMILES string of the molecule is CCC=CC(CC)CCCCCCCCCCC(CC)CCCCCCCCCC. The van der Waals surface area contributed by atoms with E-state index in [0.29, 0.717) is 0 Å². The van der Waals surface area contributed by atoms with Gasteiger partial charge in [0, 0.05) is 0 Å². The fraction of sp³-hybridized carbons (Fsp3) is 0.933. The number of hydrogen-bond donors (Lipinski definition) is 0. The molecule has 180 valence electrons. The molecule has 0 amide bonds. The monoisotopic (exact) mass is 420 g/mol. The molecule has 0 heterocycles. The molecule has 30 heavy (non-hydrogen) atoms. The van der Waals surface area contributed by atoms with Crippen LogP contribution in [0.2, 0.25) is 0 Å². The van der Waals surface area contributed by atoms with Gasteiger partial charge in [0.25, 0.3) is 0 Å². The Morgan fingerprint density at radius 1 is 0.467 bits per heavy atom. The zero-order valence-corrected chi connectivity index (χ0v) is 21.9. The predicted molar refractivity (Wildman–Crippen MR) is 140 cm³/mol. The Balaban J connectivity index is 3.41. The van der Waals surface area contributed by atoms with Crippen LogP contribution in [0, 0.1) is 11.8 Å². The van der Waals surface area contributed by atoms with Gasteiger partial charge in [-0.2, -0.15) is 0 Å². The molecule has 0 saturated carbocycles. The topological polar surface area (TPSA) is 0 Å². The van der Waals surface area contributed by atoms with Gasteiger partial charge in [0.15, 0.2) is 0 Å². The van der Waals surface area contributed by atoms with Gasteiger partial charge in [0.05, 0.1) is 0 Å². The van der Waals surface area contributed by atoms with Gasteiger partial charge in [0.1, 0.15) is 0 Å². The molecule has 0 fully saturated rings. The summed E-state index contributed by atoms with van der Waals surface area (Å²) in [6, 6.07) is 0. The summed E-state index contributed by atoms with van der Waals surface area (Å²) in [5.74, 6) is 1.85. The molecule has 0 radical (unpaired) electrons. The zero-order valence-electron chi connectivity index (χ0n) is 21.9. The molecule has 0 rings (SSSR count). The third-order valence-corrected chi connectivity index (χ3v) is 7.15. The molecule has 0 nitrogen and oxygen atoms in total. The average Bonchev–Trinajstić information content (AvgIpc) is 2.77. The molecule has 0 aromatic carbocycles. The first-order valence-corrected chi connectivity index (χ1v) is 14.4. The van der Waals surface area contributed by atoms with Crippen LogP contribution < -0.4 is 0 Å². The number of unbranched alkanes of at least 4 members (excludes halogenated alkanes) is 14. The van der Waals surface area contributed by atoms with E-state index in [1.165, 1.54) is 141 Å². The molecule has 0 heteroatoms. The van der Waals surface area contributed by atoms with Gasteiger partial charge in [-0.3, -0.25) is 0 Å². The fourth-order valence-corrected chi connectivity index (χ4v) is 4.78. The minimum absolute atomic E-state index is 0.835. The van der Waals surface area contributed by atoms with Crippen LogP contribution in [-0.4, -0.2) is 0 Å². The summed E-state index contributed by atoms with van der Waals surface area (Å²) in [6.45, 7) is 9.30. The molecule has 0 N–H and O–H groups in total. The van der Waals surface area contributed by atoms with Gasteiger partial charge in [0.2, 0.25) is 0 Å². The molecule has 2 unspecified atom stereocenters. The number of allylic oxidation sites excluding steroid dienone is 2. The summed E-state index contributed by atoms with van der Waals surface area (Å²) in [5, 5.41) is 0. The van der Waals surface area contributed by atoms with Crippen molar-refractivity contribution >= 4 is 0 Å². The highest BCUT2D eigenvalue weighted by Gasteiger charge is 2.06. The normalized spacial score (nSPS) is 13.9. The molecule has 0 saturated heterocycles. The maximum absolute atomic E-state index is 2.46. The summed E-state index contributed by atoms with van der Waals surface area (Å²) in [7, 11) is 0. The van der Waals surface area contributed by atoms with Crippen molar-refractivity contribution in [3.05, 3.63) is 12.2 Å². The maximum Gasteiger partial charge on any atom is -0.0236 e. The van der Waals surface area contributed by atoms with E-state index in [1.807, 2.05) is 0 Å². The van der Waals surface area contributed by atoms with Crippen molar-refractivity contribution in [2.24, 2.45) is 11.8 Å². The number of hydrogen-bond acceptors (Lipinski definition) is 0. The summed E-state index contributed by atoms with van der Waals surface area (Å²) in [6.07, 6.45) is 36.5. The van der Waals surface area contributed by atoms with Crippen LogP contribution in [-0.2, 0) is 0 Å². The third kappa shape index (κ3) is 21.0. The first kappa shape index (κ1) is 29.7. The Morgan fingerprint density at radius 2 is 0.900 bits per heavy atom. The van der Waals surface area contributed by atoms with Gasteiger partial charge in [-0.1, -0.05) is 162 Å². The Bertz CT molecular complexity index is 329. The Kier molecular flexibility index (Phi) is 24.8. The van der Waals surface area contributed by atoms with Crippen LogP contribution in [0.1, 0.15) is 169 Å². The third-order valence-electron chi connectivity index (χ3n) is 7.15. The van der Waals surface area contributed by atoms with E-state index in [-0.39, 0.29) is 0 Å². The second kappa shape index (κ2) is 25.0. The van der Waals surface area contributed by atoms with Crippen molar-refractivity contribution in [3.8, 4) is 0 Å². The average molecular weight is 421 g/mol. The van der Waals surface area contributed by atoms with Gasteiger partial charge >= 0.3 is 0 Å². The Hall–Kier alpha value is -0.260. The first-order valence-electron chi connectivity index (χ1n) is 14.4. The van der Waals surface area contributed by atoms with Gasteiger partial charge < -0.3 is 0 Å². The standard InChI is InChI=1S/C30H60/c1-5-9-11-12-13-16-19-23-27-30(8-4)28-24-21-18-15-14-17-20-22-26-29(7-3)25-10-6-2/h10,25,29-30H,5-9,11-24,26-28H2,1-4H3. The molecule has 0 aliphatic rings. The van der Waals surface area contributed by atoms with E-state index >= 15 is 0 Å². The van der Waals surface area contributed by atoms with Gasteiger partial charge in [-0.05, 0) is 31.1 Å². The van der Waals surface area contributed by atoms with Crippen LogP contribution in [0.4, 0.5) is 0 Å². The Labute approximate surface area is 193 Å². The molecule has 2 atom stereocenters. The predicted octanol–water partition coefficient (Wildman–Crippen LogP) is 11.4. The molecule has 0 aliphatic heterocycles. The highest BCUT2D eigenvalue weighted by Crippen LogP contribution is 2.22. The molecule has 0 bridgehead atoms. The van der Waals surface area contributed by atoms with Crippen LogP contribution in [0.25, 0.3) is 0 Å². The highest BCUT2D eigenvalue weighted by atomic mass is 14.1. The van der Waals surface area contributed by atoms with Crippen LogP contribution in [0.3, 0.4) is 0 Å². The lowest BCUT2D eigenvalue weighted by Crippen LogP contribution is -1.99.